The Kier molecular flexibility index (Phi) is 5.14. The highest BCUT2D eigenvalue weighted by molar-refractivity contribution is 7.09. The van der Waals surface area contributed by atoms with Crippen molar-refractivity contribution >= 4 is 11.3 Å². The number of hydrogen-bond acceptors (Lipinski definition) is 6. The summed E-state index contributed by atoms with van der Waals surface area (Å²) in [5.41, 5.74) is 0.943. The van der Waals surface area contributed by atoms with E-state index >= 15 is 0 Å². The van der Waals surface area contributed by atoms with Crippen LogP contribution >= 0.6 is 11.3 Å². The minimum Gasteiger partial charge on any atom is -0.392 e. The summed E-state index contributed by atoms with van der Waals surface area (Å²) >= 11 is 1.66. The molecular formula is C16H26N2O3S. The van der Waals surface area contributed by atoms with Gasteiger partial charge >= 0.3 is 0 Å². The summed E-state index contributed by atoms with van der Waals surface area (Å²) in [7, 11) is 0. The van der Waals surface area contributed by atoms with Crippen molar-refractivity contribution in [2.24, 2.45) is 0 Å². The van der Waals surface area contributed by atoms with Crippen molar-refractivity contribution in [3.63, 3.8) is 0 Å². The fraction of sp³-hybridized carbons (Fsp3) is 0.812. The lowest BCUT2D eigenvalue weighted by Crippen LogP contribution is -2.49. The Morgan fingerprint density at radius 1 is 1.64 bits per heavy atom. The third-order valence-corrected chi connectivity index (χ3v) is 5.27. The van der Waals surface area contributed by atoms with Gasteiger partial charge in [-0.05, 0) is 33.2 Å². The minimum absolute atomic E-state index is 0.0736. The summed E-state index contributed by atoms with van der Waals surface area (Å²) in [5.74, 6) is 0. The number of rotatable bonds is 5. The van der Waals surface area contributed by atoms with Crippen LogP contribution in [0, 0.1) is 6.92 Å². The van der Waals surface area contributed by atoms with Gasteiger partial charge in [0.1, 0.15) is 0 Å². The van der Waals surface area contributed by atoms with Crippen molar-refractivity contribution in [1.82, 2.24) is 9.88 Å². The molecule has 2 aliphatic heterocycles. The van der Waals surface area contributed by atoms with Gasteiger partial charge in [-0.2, -0.15) is 0 Å². The van der Waals surface area contributed by atoms with Crippen LogP contribution in [-0.4, -0.2) is 59.0 Å². The van der Waals surface area contributed by atoms with E-state index in [2.05, 4.69) is 15.3 Å². The standard InChI is InChI=1S/C16H26N2O3S/c1-12(19)7-18-5-3-4-16(11-18)6-15(9-21-16)20-8-14-10-22-13(2)17-14/h10,12,15,19H,3-9,11H2,1-2H3/t12-,15-,16-/m0/s1. The Balaban J connectivity index is 1.50. The van der Waals surface area contributed by atoms with E-state index in [0.29, 0.717) is 13.2 Å². The summed E-state index contributed by atoms with van der Waals surface area (Å²) in [6, 6.07) is 0. The van der Waals surface area contributed by atoms with Gasteiger partial charge in [-0.15, -0.1) is 11.3 Å². The normalized spacial score (nSPS) is 31.0. The van der Waals surface area contributed by atoms with Gasteiger partial charge in [-0.25, -0.2) is 4.98 Å². The lowest BCUT2D eigenvalue weighted by atomic mass is 9.89. The highest BCUT2D eigenvalue weighted by Crippen LogP contribution is 2.36. The van der Waals surface area contributed by atoms with E-state index in [1.165, 1.54) is 0 Å². The minimum atomic E-state index is -0.281. The van der Waals surface area contributed by atoms with Gasteiger partial charge in [0.25, 0.3) is 0 Å². The summed E-state index contributed by atoms with van der Waals surface area (Å²) in [6.07, 6.45) is 3.06. The fourth-order valence-electron chi connectivity index (χ4n) is 3.59. The number of aromatic nitrogens is 1. The first-order valence-corrected chi connectivity index (χ1v) is 9.00. The van der Waals surface area contributed by atoms with E-state index in [-0.39, 0.29) is 17.8 Å². The number of hydrogen-bond donors (Lipinski definition) is 1. The van der Waals surface area contributed by atoms with Gasteiger partial charge in [0.05, 0.1) is 41.7 Å². The highest BCUT2D eigenvalue weighted by atomic mass is 32.1. The Hall–Kier alpha value is -0.530. The second-order valence-electron chi connectivity index (χ2n) is 6.68. The molecule has 3 rings (SSSR count). The third-order valence-electron chi connectivity index (χ3n) is 4.45. The van der Waals surface area contributed by atoms with Crippen LogP contribution in [0.4, 0.5) is 0 Å². The average Bonchev–Trinajstić information content (AvgIpc) is 3.03. The van der Waals surface area contributed by atoms with Gasteiger partial charge in [0.15, 0.2) is 0 Å². The van der Waals surface area contributed by atoms with Crippen LogP contribution in [0.1, 0.15) is 36.9 Å². The molecule has 0 unspecified atom stereocenters. The van der Waals surface area contributed by atoms with Gasteiger partial charge in [0.2, 0.25) is 0 Å². The van der Waals surface area contributed by atoms with E-state index < -0.39 is 0 Å². The number of thiazole rings is 1. The average molecular weight is 326 g/mol. The molecule has 0 saturated carbocycles. The molecule has 0 amide bonds. The maximum atomic E-state index is 9.59. The van der Waals surface area contributed by atoms with E-state index in [4.69, 9.17) is 9.47 Å². The predicted octanol–water partition coefficient (Wildman–Crippen LogP) is 1.97. The van der Waals surface area contributed by atoms with Crippen molar-refractivity contribution in [3.8, 4) is 0 Å². The van der Waals surface area contributed by atoms with E-state index in [9.17, 15) is 5.11 Å². The van der Waals surface area contributed by atoms with Crippen LogP contribution in [0.5, 0.6) is 0 Å². The Morgan fingerprint density at radius 3 is 3.23 bits per heavy atom. The van der Waals surface area contributed by atoms with Crippen molar-refractivity contribution in [3.05, 3.63) is 16.1 Å². The number of aliphatic hydroxyl groups is 1. The number of ether oxygens (including phenoxy) is 2. The Morgan fingerprint density at radius 2 is 2.50 bits per heavy atom. The van der Waals surface area contributed by atoms with Crippen LogP contribution in [0.2, 0.25) is 0 Å². The first kappa shape index (κ1) is 16.3. The van der Waals surface area contributed by atoms with E-state index in [0.717, 1.165) is 49.6 Å². The monoisotopic (exact) mass is 326 g/mol. The van der Waals surface area contributed by atoms with Gasteiger partial charge in [-0.1, -0.05) is 0 Å². The number of aryl methyl sites for hydroxylation is 1. The van der Waals surface area contributed by atoms with Crippen LogP contribution in [0.3, 0.4) is 0 Å². The fourth-order valence-corrected chi connectivity index (χ4v) is 4.19. The zero-order valence-electron chi connectivity index (χ0n) is 13.5. The zero-order valence-corrected chi connectivity index (χ0v) is 14.3. The number of aliphatic hydroxyl groups excluding tert-OH is 1. The molecule has 3 heterocycles. The summed E-state index contributed by atoms with van der Waals surface area (Å²) in [4.78, 5) is 6.76. The topological polar surface area (TPSA) is 54.8 Å². The second-order valence-corrected chi connectivity index (χ2v) is 7.74. The lowest BCUT2D eigenvalue weighted by molar-refractivity contribution is -0.0591. The Bertz CT molecular complexity index is 493. The molecule has 1 aromatic rings. The lowest BCUT2D eigenvalue weighted by Gasteiger charge is -2.40. The van der Waals surface area contributed by atoms with Crippen LogP contribution in [0.25, 0.3) is 0 Å². The second kappa shape index (κ2) is 6.93. The molecule has 124 valence electrons. The number of likely N-dealkylation sites (tertiary alicyclic amines) is 1. The zero-order chi connectivity index (χ0) is 15.6. The molecule has 2 fully saturated rings. The first-order valence-electron chi connectivity index (χ1n) is 8.12. The van der Waals surface area contributed by atoms with Crippen LogP contribution < -0.4 is 0 Å². The molecule has 6 heteroatoms. The van der Waals surface area contributed by atoms with Crippen molar-refractivity contribution in [2.75, 3.05) is 26.2 Å². The van der Waals surface area contributed by atoms with Gasteiger partial charge in [0, 0.05) is 24.9 Å². The van der Waals surface area contributed by atoms with Crippen molar-refractivity contribution < 1.29 is 14.6 Å². The maximum Gasteiger partial charge on any atom is 0.0901 e. The largest absolute Gasteiger partial charge is 0.392 e. The molecule has 3 atom stereocenters. The molecule has 1 spiro atoms. The molecule has 0 radical (unpaired) electrons. The molecule has 0 aromatic carbocycles. The maximum absolute atomic E-state index is 9.59. The number of β-amino-alcohol motifs (C(OH)–C–C–N with tert-alkyl or cyclic N) is 1. The molecule has 2 saturated heterocycles. The molecule has 22 heavy (non-hydrogen) atoms. The highest BCUT2D eigenvalue weighted by Gasteiger charge is 2.43. The number of nitrogens with zero attached hydrogens (tertiary/aromatic N) is 2. The summed E-state index contributed by atoms with van der Waals surface area (Å²) in [5, 5.41) is 12.7. The molecule has 1 aromatic heterocycles. The summed E-state index contributed by atoms with van der Waals surface area (Å²) in [6.45, 7) is 7.80. The van der Waals surface area contributed by atoms with E-state index in [1.54, 1.807) is 11.3 Å². The quantitative estimate of drug-likeness (QED) is 0.896. The van der Waals surface area contributed by atoms with Crippen molar-refractivity contribution in [1.29, 1.82) is 0 Å². The first-order chi connectivity index (χ1) is 10.5. The van der Waals surface area contributed by atoms with Crippen LogP contribution in [0.15, 0.2) is 5.38 Å². The molecular weight excluding hydrogens is 300 g/mol. The molecule has 1 N–H and O–H groups in total. The van der Waals surface area contributed by atoms with E-state index in [1.807, 2.05) is 13.8 Å². The molecule has 0 aliphatic carbocycles. The summed E-state index contributed by atoms with van der Waals surface area (Å²) < 4.78 is 12.1. The van der Waals surface area contributed by atoms with Gasteiger partial charge in [-0.3, -0.25) is 4.90 Å². The number of piperidine rings is 1. The van der Waals surface area contributed by atoms with Crippen LogP contribution in [-0.2, 0) is 16.1 Å². The molecule has 2 aliphatic rings. The molecule has 5 nitrogen and oxygen atoms in total. The smallest absolute Gasteiger partial charge is 0.0901 e. The van der Waals surface area contributed by atoms with Crippen molar-refractivity contribution in [2.45, 2.75) is 57.5 Å². The molecule has 0 bridgehead atoms. The third kappa shape index (κ3) is 4.06. The van der Waals surface area contributed by atoms with Gasteiger partial charge < -0.3 is 14.6 Å². The predicted molar refractivity (Wildman–Crippen MR) is 86.1 cm³/mol. The Labute approximate surface area is 136 Å². The SMILES string of the molecule is Cc1nc(CO[C@@H]2CO[C@@]3(CCCN(C[C@H](C)O)C3)C2)cs1.